The van der Waals surface area contributed by atoms with Crippen molar-refractivity contribution < 1.29 is 9.47 Å². The normalized spacial score (nSPS) is 10.3. The minimum atomic E-state index is 0.477. The fourth-order valence-electron chi connectivity index (χ4n) is 1.06. The Labute approximate surface area is 95.4 Å². The van der Waals surface area contributed by atoms with Gasteiger partial charge in [-0.3, -0.25) is 0 Å². The van der Waals surface area contributed by atoms with Gasteiger partial charge in [0.25, 0.3) is 0 Å². The summed E-state index contributed by atoms with van der Waals surface area (Å²) in [5.41, 5.74) is 1.01. The van der Waals surface area contributed by atoms with Crippen molar-refractivity contribution in [1.82, 2.24) is 4.98 Å². The van der Waals surface area contributed by atoms with Crippen molar-refractivity contribution in [2.45, 2.75) is 19.2 Å². The molecule has 0 spiro atoms. The molecule has 0 radical (unpaired) electrons. The lowest BCUT2D eigenvalue weighted by Crippen LogP contribution is -2.07. The van der Waals surface area contributed by atoms with E-state index in [1.165, 1.54) is 0 Å². The van der Waals surface area contributed by atoms with Crippen LogP contribution in [0.25, 0.3) is 0 Å². The summed E-state index contributed by atoms with van der Waals surface area (Å²) < 4.78 is 10.7. The van der Waals surface area contributed by atoms with Gasteiger partial charge < -0.3 is 9.47 Å². The Morgan fingerprint density at radius 1 is 1.33 bits per heavy atom. The van der Waals surface area contributed by atoms with Gasteiger partial charge in [0.15, 0.2) is 0 Å². The third-order valence-electron chi connectivity index (χ3n) is 1.78. The third-order valence-corrected chi connectivity index (χ3v) is 2.09. The van der Waals surface area contributed by atoms with Crippen molar-refractivity contribution in [1.29, 1.82) is 0 Å². The standard InChI is InChI=1S/C11H16ClNO2/c1-2-5-14-6-7-15-11-8-10(9-12)3-4-13-11/h3-4,8H,2,5-7,9H2,1H3. The van der Waals surface area contributed by atoms with Crippen LogP contribution in [0.1, 0.15) is 18.9 Å². The molecule has 1 heterocycles. The summed E-state index contributed by atoms with van der Waals surface area (Å²) in [6.07, 6.45) is 2.72. The Bertz CT molecular complexity index is 281. The summed E-state index contributed by atoms with van der Waals surface area (Å²) >= 11 is 5.69. The topological polar surface area (TPSA) is 31.4 Å². The predicted molar refractivity (Wildman–Crippen MR) is 60.4 cm³/mol. The van der Waals surface area contributed by atoms with Gasteiger partial charge in [-0.25, -0.2) is 4.98 Å². The van der Waals surface area contributed by atoms with Crippen molar-refractivity contribution in [3.63, 3.8) is 0 Å². The van der Waals surface area contributed by atoms with Gasteiger partial charge in [-0.15, -0.1) is 11.6 Å². The quantitative estimate of drug-likeness (QED) is 0.532. The van der Waals surface area contributed by atoms with Gasteiger partial charge in [0.1, 0.15) is 6.61 Å². The average Bonchev–Trinajstić information content (AvgIpc) is 2.29. The van der Waals surface area contributed by atoms with Crippen molar-refractivity contribution in [2.75, 3.05) is 19.8 Å². The van der Waals surface area contributed by atoms with E-state index in [4.69, 9.17) is 21.1 Å². The summed E-state index contributed by atoms with van der Waals surface area (Å²) in [5, 5.41) is 0. The number of rotatable bonds is 7. The van der Waals surface area contributed by atoms with Crippen LogP contribution in [0.3, 0.4) is 0 Å². The van der Waals surface area contributed by atoms with Crippen LogP contribution in [0.2, 0.25) is 0 Å². The maximum absolute atomic E-state index is 5.69. The van der Waals surface area contributed by atoms with Crippen LogP contribution in [0, 0.1) is 0 Å². The molecular formula is C11H16ClNO2. The zero-order valence-corrected chi connectivity index (χ0v) is 9.67. The Morgan fingerprint density at radius 3 is 2.93 bits per heavy atom. The van der Waals surface area contributed by atoms with E-state index in [2.05, 4.69) is 11.9 Å². The fraction of sp³-hybridized carbons (Fsp3) is 0.545. The van der Waals surface area contributed by atoms with Gasteiger partial charge in [0, 0.05) is 24.8 Å². The van der Waals surface area contributed by atoms with E-state index in [1.807, 2.05) is 12.1 Å². The maximum atomic E-state index is 5.69. The first-order chi connectivity index (χ1) is 7.36. The molecule has 1 aromatic heterocycles. The van der Waals surface area contributed by atoms with Gasteiger partial charge in [0.2, 0.25) is 5.88 Å². The van der Waals surface area contributed by atoms with Crippen LogP contribution in [0.5, 0.6) is 5.88 Å². The molecule has 0 aliphatic rings. The number of alkyl halides is 1. The summed E-state index contributed by atoms with van der Waals surface area (Å²) in [6.45, 7) is 3.98. The van der Waals surface area contributed by atoms with Crippen LogP contribution in [-0.2, 0) is 10.6 Å². The average molecular weight is 230 g/mol. The number of pyridine rings is 1. The summed E-state index contributed by atoms with van der Waals surface area (Å²) in [6, 6.07) is 3.71. The first-order valence-corrected chi connectivity index (χ1v) is 5.61. The van der Waals surface area contributed by atoms with Crippen LogP contribution in [0.4, 0.5) is 0 Å². The SMILES string of the molecule is CCCOCCOc1cc(CCl)ccn1. The molecule has 0 bridgehead atoms. The molecule has 0 fully saturated rings. The molecule has 0 saturated carbocycles. The molecule has 3 nitrogen and oxygen atoms in total. The lowest BCUT2D eigenvalue weighted by molar-refractivity contribution is 0.0990. The first kappa shape index (κ1) is 12.3. The molecule has 1 rings (SSSR count). The van der Waals surface area contributed by atoms with Gasteiger partial charge in [-0.2, -0.15) is 0 Å². The number of hydrogen-bond acceptors (Lipinski definition) is 3. The van der Waals surface area contributed by atoms with E-state index >= 15 is 0 Å². The lowest BCUT2D eigenvalue weighted by Gasteiger charge is -2.06. The third kappa shape index (κ3) is 5.00. The lowest BCUT2D eigenvalue weighted by atomic mass is 10.3. The molecule has 84 valence electrons. The predicted octanol–water partition coefficient (Wildman–Crippen LogP) is 2.63. The van der Waals surface area contributed by atoms with E-state index in [0.717, 1.165) is 18.6 Å². The molecule has 0 aromatic carbocycles. The molecule has 4 heteroatoms. The highest BCUT2D eigenvalue weighted by Crippen LogP contribution is 2.10. The van der Waals surface area contributed by atoms with Crippen molar-refractivity contribution in [2.24, 2.45) is 0 Å². The largest absolute Gasteiger partial charge is 0.475 e. The van der Waals surface area contributed by atoms with E-state index in [0.29, 0.717) is 25.0 Å². The smallest absolute Gasteiger partial charge is 0.213 e. The van der Waals surface area contributed by atoms with Gasteiger partial charge >= 0.3 is 0 Å². The Balaban J connectivity index is 2.24. The van der Waals surface area contributed by atoms with Gasteiger partial charge in [0.05, 0.1) is 6.61 Å². The summed E-state index contributed by atoms with van der Waals surface area (Å²) in [7, 11) is 0. The molecule has 1 aromatic rings. The second-order valence-electron chi connectivity index (χ2n) is 3.10. The minimum Gasteiger partial charge on any atom is -0.475 e. The van der Waals surface area contributed by atoms with Crippen LogP contribution in [-0.4, -0.2) is 24.8 Å². The molecule has 0 unspecified atom stereocenters. The van der Waals surface area contributed by atoms with Crippen LogP contribution < -0.4 is 4.74 Å². The highest BCUT2D eigenvalue weighted by molar-refractivity contribution is 6.17. The Hall–Kier alpha value is -0.800. The molecular weight excluding hydrogens is 214 g/mol. The molecule has 0 saturated heterocycles. The van der Waals surface area contributed by atoms with E-state index < -0.39 is 0 Å². The second-order valence-corrected chi connectivity index (χ2v) is 3.36. The highest BCUT2D eigenvalue weighted by Gasteiger charge is 1.97. The molecule has 0 amide bonds. The minimum absolute atomic E-state index is 0.477. The Kier molecular flexibility index (Phi) is 6.12. The van der Waals surface area contributed by atoms with Crippen molar-refractivity contribution >= 4 is 11.6 Å². The molecule has 0 N–H and O–H groups in total. The summed E-state index contributed by atoms with van der Waals surface area (Å²) in [5.74, 6) is 1.08. The van der Waals surface area contributed by atoms with Gasteiger partial charge in [-0.1, -0.05) is 6.92 Å². The molecule has 0 atom stereocenters. The second kappa shape index (κ2) is 7.49. The monoisotopic (exact) mass is 229 g/mol. The number of nitrogens with zero attached hydrogens (tertiary/aromatic N) is 1. The number of ether oxygens (including phenoxy) is 2. The number of hydrogen-bond donors (Lipinski definition) is 0. The van der Waals surface area contributed by atoms with Crippen molar-refractivity contribution in [3.8, 4) is 5.88 Å². The fourth-order valence-corrected chi connectivity index (χ4v) is 1.23. The van der Waals surface area contributed by atoms with E-state index in [1.54, 1.807) is 6.20 Å². The van der Waals surface area contributed by atoms with Crippen LogP contribution >= 0.6 is 11.6 Å². The van der Waals surface area contributed by atoms with E-state index in [-0.39, 0.29) is 0 Å². The van der Waals surface area contributed by atoms with E-state index in [9.17, 15) is 0 Å². The number of halogens is 1. The zero-order valence-electron chi connectivity index (χ0n) is 8.91. The Morgan fingerprint density at radius 2 is 2.20 bits per heavy atom. The first-order valence-electron chi connectivity index (χ1n) is 5.08. The molecule has 0 aliphatic heterocycles. The number of aromatic nitrogens is 1. The van der Waals surface area contributed by atoms with Crippen molar-refractivity contribution in [3.05, 3.63) is 23.9 Å². The van der Waals surface area contributed by atoms with Gasteiger partial charge in [-0.05, 0) is 18.1 Å². The summed E-state index contributed by atoms with van der Waals surface area (Å²) in [4.78, 5) is 4.07. The molecule has 15 heavy (non-hydrogen) atoms. The zero-order chi connectivity index (χ0) is 10.9. The molecule has 0 aliphatic carbocycles. The van der Waals surface area contributed by atoms with Crippen LogP contribution in [0.15, 0.2) is 18.3 Å². The highest BCUT2D eigenvalue weighted by atomic mass is 35.5. The maximum Gasteiger partial charge on any atom is 0.213 e.